The lowest BCUT2D eigenvalue weighted by Crippen LogP contribution is -2.47. The number of Topliss-reactive ketones (excluding diaryl/α,β-unsaturated/α-hetero) is 1. The molecule has 2 aliphatic rings. The Labute approximate surface area is 197 Å². The highest BCUT2D eigenvalue weighted by Crippen LogP contribution is 2.47. The number of hydrogen-bond donors (Lipinski definition) is 1. The van der Waals surface area contributed by atoms with Gasteiger partial charge in [0.05, 0.1) is 11.5 Å². The summed E-state index contributed by atoms with van der Waals surface area (Å²) in [6.07, 6.45) is 3.97. The number of likely N-dealkylation sites (tertiary alicyclic amines) is 1. The van der Waals surface area contributed by atoms with E-state index in [1.165, 1.54) is 0 Å². The van der Waals surface area contributed by atoms with Gasteiger partial charge in [0.2, 0.25) is 5.91 Å². The summed E-state index contributed by atoms with van der Waals surface area (Å²) in [5.41, 5.74) is 3.82. The summed E-state index contributed by atoms with van der Waals surface area (Å²) in [5, 5.41) is 16.9. The summed E-state index contributed by atoms with van der Waals surface area (Å²) >= 11 is 0. The van der Waals surface area contributed by atoms with E-state index in [-0.39, 0.29) is 28.8 Å². The third kappa shape index (κ3) is 5.30. The van der Waals surface area contributed by atoms with E-state index >= 15 is 0 Å². The number of allylic oxidation sites excluding steroid dienone is 2. The number of amides is 1. The minimum atomic E-state index is -0.291. The van der Waals surface area contributed by atoms with Gasteiger partial charge in [-0.15, -0.1) is 5.92 Å². The van der Waals surface area contributed by atoms with Crippen LogP contribution in [0.2, 0.25) is 0 Å². The first-order valence-corrected chi connectivity index (χ1v) is 11.6. The maximum Gasteiger partial charge on any atom is 0.230 e. The normalized spacial score (nSPS) is 19.0. The molecule has 1 amide bonds. The van der Waals surface area contributed by atoms with Crippen molar-refractivity contribution in [2.75, 3.05) is 27.2 Å². The number of rotatable bonds is 4. The molecule has 6 heteroatoms. The van der Waals surface area contributed by atoms with E-state index in [2.05, 4.69) is 16.9 Å². The summed E-state index contributed by atoms with van der Waals surface area (Å²) in [6.45, 7) is 8.77. The molecule has 1 unspecified atom stereocenters. The average molecular weight is 450 g/mol. The van der Waals surface area contributed by atoms with E-state index in [9.17, 15) is 14.7 Å². The summed E-state index contributed by atoms with van der Waals surface area (Å²) in [4.78, 5) is 28.0. The number of nitrogens with zero attached hydrogens (tertiary/aromatic N) is 3. The third-order valence-electron chi connectivity index (χ3n) is 6.74. The lowest BCUT2D eigenvalue weighted by Gasteiger charge is -2.44. The third-order valence-corrected chi connectivity index (χ3v) is 6.74. The highest BCUT2D eigenvalue weighted by molar-refractivity contribution is 6.23. The van der Waals surface area contributed by atoms with Crippen molar-refractivity contribution >= 4 is 23.5 Å². The standard InChI is InChI=1S/C27H35N3O3/c1-7-8-21-13-18(2)24(19(3)14-21)25-22(31)15-27(16-23(25)32)9-11-30(12-10-27)26(33)20(4)17-28-29(5)6/h13-14,17,20,31H,9-12,15-16H2,1-6H3. The van der Waals surface area contributed by atoms with Crippen LogP contribution < -0.4 is 0 Å². The zero-order valence-corrected chi connectivity index (χ0v) is 20.7. The van der Waals surface area contributed by atoms with Gasteiger partial charge in [0, 0.05) is 51.8 Å². The van der Waals surface area contributed by atoms with Crippen LogP contribution in [0, 0.1) is 37.0 Å². The number of hydrazone groups is 1. The summed E-state index contributed by atoms with van der Waals surface area (Å²) < 4.78 is 0. The molecule has 0 radical (unpaired) electrons. The molecule has 176 valence electrons. The second-order valence-corrected chi connectivity index (χ2v) is 9.68. The Morgan fingerprint density at radius 3 is 2.33 bits per heavy atom. The van der Waals surface area contributed by atoms with Crippen molar-refractivity contribution in [1.82, 2.24) is 9.91 Å². The number of benzene rings is 1. The molecule has 0 bridgehead atoms. The minimum absolute atomic E-state index is 0.00876. The Bertz CT molecular complexity index is 1040. The molecule has 1 fully saturated rings. The number of aryl methyl sites for hydroxylation is 2. The molecular formula is C27H35N3O3. The van der Waals surface area contributed by atoms with Crippen molar-refractivity contribution < 1.29 is 14.7 Å². The Morgan fingerprint density at radius 2 is 1.82 bits per heavy atom. The van der Waals surface area contributed by atoms with Crippen molar-refractivity contribution in [2.45, 2.75) is 53.4 Å². The van der Waals surface area contributed by atoms with E-state index in [1.807, 2.05) is 51.9 Å². The van der Waals surface area contributed by atoms with Crippen LogP contribution in [0.15, 0.2) is 23.0 Å². The number of piperidine rings is 1. The number of carbonyl (C=O) groups is 2. The predicted molar refractivity (Wildman–Crippen MR) is 132 cm³/mol. The lowest BCUT2D eigenvalue weighted by molar-refractivity contribution is -0.135. The van der Waals surface area contributed by atoms with Crippen LogP contribution >= 0.6 is 0 Å². The van der Waals surface area contributed by atoms with E-state index in [0.717, 1.165) is 22.3 Å². The van der Waals surface area contributed by atoms with Crippen molar-refractivity contribution in [3.8, 4) is 11.8 Å². The zero-order valence-electron chi connectivity index (χ0n) is 20.7. The van der Waals surface area contributed by atoms with Crippen molar-refractivity contribution in [2.24, 2.45) is 16.4 Å². The molecule has 1 N–H and O–H groups in total. The number of aliphatic hydroxyl groups is 1. The van der Waals surface area contributed by atoms with Crippen LogP contribution in [0.3, 0.4) is 0 Å². The van der Waals surface area contributed by atoms with Gasteiger partial charge in [-0.2, -0.15) is 5.10 Å². The molecule has 1 aromatic rings. The van der Waals surface area contributed by atoms with Crippen LogP contribution in [0.4, 0.5) is 0 Å². The Hall–Kier alpha value is -3.07. The molecule has 6 nitrogen and oxygen atoms in total. The first-order chi connectivity index (χ1) is 15.6. The van der Waals surface area contributed by atoms with Crippen LogP contribution in [0.25, 0.3) is 5.57 Å². The highest BCUT2D eigenvalue weighted by atomic mass is 16.3. The summed E-state index contributed by atoms with van der Waals surface area (Å²) in [7, 11) is 3.65. The van der Waals surface area contributed by atoms with E-state index < -0.39 is 0 Å². The molecule has 0 saturated carbocycles. The summed E-state index contributed by atoms with van der Waals surface area (Å²) in [5.74, 6) is 5.91. The zero-order chi connectivity index (χ0) is 24.3. The van der Waals surface area contributed by atoms with Gasteiger partial charge < -0.3 is 15.0 Å². The minimum Gasteiger partial charge on any atom is -0.512 e. The predicted octanol–water partition coefficient (Wildman–Crippen LogP) is 4.10. The first kappa shape index (κ1) is 24.6. The molecular weight excluding hydrogens is 414 g/mol. The lowest BCUT2D eigenvalue weighted by atomic mass is 9.66. The monoisotopic (exact) mass is 449 g/mol. The van der Waals surface area contributed by atoms with Gasteiger partial charge in [-0.05, 0) is 74.8 Å². The SMILES string of the molecule is CC#Cc1cc(C)c(C2=C(O)CC3(CCN(C(=O)C(C)C=NN(C)C)CC3)CC2=O)c(C)c1. The second kappa shape index (κ2) is 9.82. The van der Waals surface area contributed by atoms with Crippen molar-refractivity contribution in [1.29, 1.82) is 0 Å². The molecule has 1 atom stereocenters. The number of hydrogen-bond acceptors (Lipinski definition) is 5. The molecule has 1 saturated heterocycles. The van der Waals surface area contributed by atoms with Crippen LogP contribution in [-0.4, -0.2) is 60.1 Å². The molecule has 0 aromatic heterocycles. The van der Waals surface area contributed by atoms with Gasteiger partial charge in [-0.25, -0.2) is 0 Å². The second-order valence-electron chi connectivity index (χ2n) is 9.68. The Balaban J connectivity index is 1.77. The Kier molecular flexibility index (Phi) is 7.31. The fourth-order valence-corrected chi connectivity index (χ4v) is 5.09. The van der Waals surface area contributed by atoms with Crippen LogP contribution in [0.5, 0.6) is 0 Å². The summed E-state index contributed by atoms with van der Waals surface area (Å²) in [6, 6.07) is 3.95. The van der Waals surface area contributed by atoms with Crippen LogP contribution in [0.1, 0.15) is 61.8 Å². The van der Waals surface area contributed by atoms with Gasteiger partial charge in [0.15, 0.2) is 5.78 Å². The molecule has 1 aliphatic heterocycles. The molecule has 1 heterocycles. The quantitative estimate of drug-likeness (QED) is 0.427. The van der Waals surface area contributed by atoms with Crippen LogP contribution in [-0.2, 0) is 9.59 Å². The fourth-order valence-electron chi connectivity index (χ4n) is 5.09. The molecule has 1 aliphatic carbocycles. The largest absolute Gasteiger partial charge is 0.512 e. The van der Waals surface area contributed by atoms with E-state index in [0.29, 0.717) is 44.3 Å². The Morgan fingerprint density at radius 1 is 1.21 bits per heavy atom. The average Bonchev–Trinajstić information content (AvgIpc) is 2.73. The van der Waals surface area contributed by atoms with E-state index in [4.69, 9.17) is 0 Å². The number of aliphatic hydroxyl groups excluding tert-OH is 1. The van der Waals surface area contributed by atoms with Gasteiger partial charge >= 0.3 is 0 Å². The molecule has 3 rings (SSSR count). The van der Waals surface area contributed by atoms with Crippen molar-refractivity contribution in [3.63, 3.8) is 0 Å². The number of carbonyl (C=O) groups excluding carboxylic acids is 2. The fraction of sp³-hybridized carbons (Fsp3) is 0.519. The maximum absolute atomic E-state index is 13.3. The van der Waals surface area contributed by atoms with Gasteiger partial charge in [-0.3, -0.25) is 9.59 Å². The van der Waals surface area contributed by atoms with Gasteiger partial charge in [-0.1, -0.05) is 5.92 Å². The highest BCUT2D eigenvalue weighted by Gasteiger charge is 2.43. The maximum atomic E-state index is 13.3. The molecule has 33 heavy (non-hydrogen) atoms. The number of ketones is 1. The molecule has 1 spiro atoms. The first-order valence-electron chi connectivity index (χ1n) is 11.6. The topological polar surface area (TPSA) is 73.2 Å². The van der Waals surface area contributed by atoms with E-state index in [1.54, 1.807) is 18.1 Å². The van der Waals surface area contributed by atoms with Crippen molar-refractivity contribution in [3.05, 3.63) is 40.1 Å². The van der Waals surface area contributed by atoms with Gasteiger partial charge in [0.25, 0.3) is 0 Å². The van der Waals surface area contributed by atoms with Gasteiger partial charge in [0.1, 0.15) is 5.76 Å². The molecule has 1 aromatic carbocycles. The smallest absolute Gasteiger partial charge is 0.230 e.